The van der Waals surface area contributed by atoms with Gasteiger partial charge in [0.2, 0.25) is 0 Å². The minimum atomic E-state index is -0.402. The molecular formula is C20H18ClFN6O. The van der Waals surface area contributed by atoms with E-state index in [4.69, 9.17) is 21.4 Å². The molecular weight excluding hydrogens is 395 g/mol. The van der Waals surface area contributed by atoms with Gasteiger partial charge < -0.3 is 4.74 Å². The van der Waals surface area contributed by atoms with Crippen molar-refractivity contribution in [1.82, 2.24) is 29.9 Å². The molecule has 4 aromatic heterocycles. The van der Waals surface area contributed by atoms with Crippen LogP contribution in [-0.4, -0.2) is 35.5 Å². The molecule has 0 amide bonds. The number of pyridine rings is 2. The maximum absolute atomic E-state index is 13.5. The van der Waals surface area contributed by atoms with Gasteiger partial charge in [0, 0.05) is 17.3 Å². The molecule has 0 fully saturated rings. The number of aromatic nitrogens is 6. The second-order valence-corrected chi connectivity index (χ2v) is 8.00. The van der Waals surface area contributed by atoms with Gasteiger partial charge in [-0.15, -0.1) is 0 Å². The van der Waals surface area contributed by atoms with Crippen LogP contribution >= 0.6 is 11.6 Å². The van der Waals surface area contributed by atoms with Crippen LogP contribution < -0.4 is 0 Å². The van der Waals surface area contributed by atoms with E-state index in [1.54, 1.807) is 12.3 Å². The number of rotatable bonds is 2. The van der Waals surface area contributed by atoms with Crippen LogP contribution in [0.3, 0.4) is 0 Å². The summed E-state index contributed by atoms with van der Waals surface area (Å²) in [6, 6.07) is 4.86. The van der Waals surface area contributed by atoms with Gasteiger partial charge in [0.25, 0.3) is 0 Å². The summed E-state index contributed by atoms with van der Waals surface area (Å²) in [4.78, 5) is 8.58. The molecule has 29 heavy (non-hydrogen) atoms. The van der Waals surface area contributed by atoms with Crippen LogP contribution in [0.1, 0.15) is 32.5 Å². The lowest BCUT2D eigenvalue weighted by Crippen LogP contribution is -2.40. The van der Waals surface area contributed by atoms with E-state index in [9.17, 15) is 4.39 Å². The molecule has 5 rings (SSSR count). The fraction of sp³-hybridized carbons (Fsp3) is 0.300. The van der Waals surface area contributed by atoms with E-state index in [0.717, 1.165) is 16.8 Å². The summed E-state index contributed by atoms with van der Waals surface area (Å²) in [5, 5.41) is 12.8. The monoisotopic (exact) mass is 412 g/mol. The van der Waals surface area contributed by atoms with Crippen LogP contribution in [0.5, 0.6) is 0 Å². The van der Waals surface area contributed by atoms with Gasteiger partial charge in [0.15, 0.2) is 10.8 Å². The van der Waals surface area contributed by atoms with Gasteiger partial charge in [0.05, 0.1) is 41.2 Å². The Kier molecular flexibility index (Phi) is 3.97. The third-order valence-corrected chi connectivity index (χ3v) is 5.89. The zero-order valence-corrected chi connectivity index (χ0v) is 16.8. The lowest BCUT2D eigenvalue weighted by molar-refractivity contribution is -0.0883. The van der Waals surface area contributed by atoms with Crippen molar-refractivity contribution in [2.24, 2.45) is 0 Å². The first-order valence-corrected chi connectivity index (χ1v) is 9.61. The lowest BCUT2D eigenvalue weighted by atomic mass is 9.95. The molecule has 1 N–H and O–H groups in total. The molecule has 9 heteroatoms. The Bertz CT molecular complexity index is 1230. The summed E-state index contributed by atoms with van der Waals surface area (Å²) >= 11 is 6.36. The number of halogens is 2. The van der Waals surface area contributed by atoms with Gasteiger partial charge in [-0.2, -0.15) is 10.2 Å². The Hall–Kier alpha value is -2.84. The van der Waals surface area contributed by atoms with Crippen molar-refractivity contribution in [3.05, 3.63) is 47.3 Å². The normalized spacial score (nSPS) is 18.2. The summed E-state index contributed by atoms with van der Waals surface area (Å²) in [6.45, 7) is 6.51. The van der Waals surface area contributed by atoms with E-state index in [1.807, 2.05) is 24.6 Å². The molecule has 0 spiro atoms. The van der Waals surface area contributed by atoms with Crippen LogP contribution in [0.15, 0.2) is 30.6 Å². The third kappa shape index (κ3) is 2.74. The standard InChI is InChI=1S/C20H18ClFN6O/c1-10-20(2,3)29-9-14-15(12-6-7-23-19-16(12)18(21)25-26-19)17(27-28(10)14)13-5-4-11(22)8-24-13/h4-8,10H,9H2,1-3H3,(H,23,25,26)/t10-/m0/s1. The summed E-state index contributed by atoms with van der Waals surface area (Å²) in [5.41, 5.74) is 3.97. The topological polar surface area (TPSA) is 81.5 Å². The van der Waals surface area contributed by atoms with Crippen molar-refractivity contribution in [2.75, 3.05) is 0 Å². The molecule has 4 aromatic rings. The highest BCUT2D eigenvalue weighted by Gasteiger charge is 2.38. The maximum atomic E-state index is 13.5. The first kappa shape index (κ1) is 18.2. The van der Waals surface area contributed by atoms with Crippen molar-refractivity contribution in [3.63, 3.8) is 0 Å². The molecule has 0 aromatic carbocycles. The zero-order chi connectivity index (χ0) is 20.3. The highest BCUT2D eigenvalue weighted by Crippen LogP contribution is 2.43. The molecule has 7 nitrogen and oxygen atoms in total. The highest BCUT2D eigenvalue weighted by molar-refractivity contribution is 6.35. The third-order valence-electron chi connectivity index (χ3n) is 5.62. The number of aromatic amines is 1. The fourth-order valence-electron chi connectivity index (χ4n) is 3.70. The molecule has 0 aliphatic carbocycles. The summed E-state index contributed by atoms with van der Waals surface area (Å²) < 4.78 is 21.6. The molecule has 5 heterocycles. The fourth-order valence-corrected chi connectivity index (χ4v) is 3.93. The van der Waals surface area contributed by atoms with Crippen molar-refractivity contribution >= 4 is 22.6 Å². The lowest BCUT2D eigenvalue weighted by Gasteiger charge is -2.37. The van der Waals surface area contributed by atoms with Crippen molar-refractivity contribution < 1.29 is 9.13 Å². The maximum Gasteiger partial charge on any atom is 0.160 e. The molecule has 0 saturated carbocycles. The predicted octanol–water partition coefficient (Wildman–Crippen LogP) is 4.55. The molecule has 1 aliphatic heterocycles. The van der Waals surface area contributed by atoms with Crippen LogP contribution in [0, 0.1) is 5.82 Å². The van der Waals surface area contributed by atoms with Gasteiger partial charge in [-0.3, -0.25) is 14.8 Å². The van der Waals surface area contributed by atoms with Gasteiger partial charge in [0.1, 0.15) is 11.5 Å². The van der Waals surface area contributed by atoms with Crippen molar-refractivity contribution in [2.45, 2.75) is 39.0 Å². The summed E-state index contributed by atoms with van der Waals surface area (Å²) in [7, 11) is 0. The number of ether oxygens (including phenoxy) is 1. The van der Waals surface area contributed by atoms with Gasteiger partial charge in [-0.25, -0.2) is 9.37 Å². The molecule has 1 atom stereocenters. The smallest absolute Gasteiger partial charge is 0.160 e. The highest BCUT2D eigenvalue weighted by atomic mass is 35.5. The second kappa shape index (κ2) is 6.33. The summed E-state index contributed by atoms with van der Waals surface area (Å²) in [5.74, 6) is -0.402. The van der Waals surface area contributed by atoms with E-state index in [0.29, 0.717) is 34.2 Å². The predicted molar refractivity (Wildman–Crippen MR) is 107 cm³/mol. The van der Waals surface area contributed by atoms with Crippen molar-refractivity contribution in [3.8, 4) is 22.5 Å². The Labute approximate surface area is 170 Å². The molecule has 148 valence electrons. The molecule has 0 bridgehead atoms. The molecule has 0 unspecified atom stereocenters. The van der Waals surface area contributed by atoms with E-state index in [2.05, 4.69) is 27.1 Å². The molecule has 0 saturated heterocycles. The van der Waals surface area contributed by atoms with E-state index < -0.39 is 5.82 Å². The van der Waals surface area contributed by atoms with Crippen LogP contribution in [0.2, 0.25) is 5.15 Å². The van der Waals surface area contributed by atoms with Gasteiger partial charge >= 0.3 is 0 Å². The van der Waals surface area contributed by atoms with Gasteiger partial charge in [-0.1, -0.05) is 11.6 Å². The Morgan fingerprint density at radius 2 is 2.10 bits per heavy atom. The van der Waals surface area contributed by atoms with Crippen LogP contribution in [0.25, 0.3) is 33.5 Å². The number of hydrogen-bond acceptors (Lipinski definition) is 5. The van der Waals surface area contributed by atoms with Crippen molar-refractivity contribution in [1.29, 1.82) is 0 Å². The quantitative estimate of drug-likeness (QED) is 0.522. The first-order valence-electron chi connectivity index (χ1n) is 9.23. The Morgan fingerprint density at radius 1 is 1.28 bits per heavy atom. The van der Waals surface area contributed by atoms with E-state index >= 15 is 0 Å². The Morgan fingerprint density at radius 3 is 2.86 bits per heavy atom. The van der Waals surface area contributed by atoms with E-state index in [-0.39, 0.29) is 11.6 Å². The van der Waals surface area contributed by atoms with Crippen LogP contribution in [-0.2, 0) is 11.3 Å². The number of H-pyrrole nitrogens is 1. The zero-order valence-electron chi connectivity index (χ0n) is 16.1. The minimum Gasteiger partial charge on any atom is -0.367 e. The number of nitrogens with one attached hydrogen (secondary N) is 1. The van der Waals surface area contributed by atoms with Gasteiger partial charge in [-0.05, 0) is 39.0 Å². The average Bonchev–Trinajstić information content (AvgIpc) is 3.27. The SMILES string of the molecule is C[C@@H]1n2nc(-c3ccc(F)cn3)c(-c3ccnc4[nH]nc(Cl)c34)c2COC1(C)C. The number of fused-ring (bicyclic) bond motifs is 2. The minimum absolute atomic E-state index is 0.0173. The number of nitrogens with zero attached hydrogens (tertiary/aromatic N) is 5. The Balaban J connectivity index is 1.84. The molecule has 0 radical (unpaired) electrons. The van der Waals surface area contributed by atoms with E-state index in [1.165, 1.54) is 12.3 Å². The second-order valence-electron chi connectivity index (χ2n) is 7.64. The molecule has 1 aliphatic rings. The summed E-state index contributed by atoms with van der Waals surface area (Å²) in [6.07, 6.45) is 2.88. The first-order chi connectivity index (χ1) is 13.9. The number of hydrogen-bond donors (Lipinski definition) is 1. The average molecular weight is 413 g/mol. The largest absolute Gasteiger partial charge is 0.367 e. The van der Waals surface area contributed by atoms with Crippen LogP contribution in [0.4, 0.5) is 4.39 Å².